The number of carbonyl (C=O) groups is 2. The summed E-state index contributed by atoms with van der Waals surface area (Å²) in [5.74, 6) is -4.05. The Kier molecular flexibility index (Phi) is 5.37. The molecule has 2 aromatic carbocycles. The smallest absolute Gasteiger partial charge is 0.341 e. The number of fused-ring (bicyclic) bond motifs is 1. The Hall–Kier alpha value is -3.47. The summed E-state index contributed by atoms with van der Waals surface area (Å²) in [6, 6.07) is 7.21. The minimum absolute atomic E-state index is 0.129. The van der Waals surface area contributed by atoms with Crippen molar-refractivity contribution in [2.45, 2.75) is 25.1 Å². The molecule has 1 aliphatic rings. The number of nitrogens with zero attached hydrogens (tertiary/aromatic N) is 2. The Balaban J connectivity index is 1.73. The van der Waals surface area contributed by atoms with Crippen LogP contribution in [0.3, 0.4) is 0 Å². The summed E-state index contributed by atoms with van der Waals surface area (Å²) in [4.78, 5) is 25.2. The van der Waals surface area contributed by atoms with E-state index in [9.17, 15) is 27.2 Å². The number of rotatable bonds is 4. The molecule has 166 valence electrons. The van der Waals surface area contributed by atoms with Gasteiger partial charge in [0, 0.05) is 27.4 Å². The van der Waals surface area contributed by atoms with E-state index in [4.69, 9.17) is 11.6 Å². The van der Waals surface area contributed by atoms with Crippen LogP contribution in [0.5, 0.6) is 0 Å². The summed E-state index contributed by atoms with van der Waals surface area (Å²) in [7, 11) is 0. The van der Waals surface area contributed by atoms with Gasteiger partial charge < -0.3 is 10.6 Å². The highest BCUT2D eigenvalue weighted by Crippen LogP contribution is 2.39. The molecule has 0 unspecified atom stereocenters. The maximum absolute atomic E-state index is 13.8. The maximum Gasteiger partial charge on any atom is 0.397 e. The molecule has 2 atom stereocenters. The first-order chi connectivity index (χ1) is 15.1. The van der Waals surface area contributed by atoms with E-state index in [2.05, 4.69) is 20.8 Å². The molecule has 0 bridgehead atoms. The Morgan fingerprint density at radius 3 is 2.69 bits per heavy atom. The molecular formula is C20H14ClF4N5O2. The fourth-order valence-electron chi connectivity index (χ4n) is 3.48. The van der Waals surface area contributed by atoms with Crippen molar-refractivity contribution in [1.29, 1.82) is 0 Å². The van der Waals surface area contributed by atoms with E-state index >= 15 is 0 Å². The molecule has 32 heavy (non-hydrogen) atoms. The Morgan fingerprint density at radius 2 is 1.97 bits per heavy atom. The summed E-state index contributed by atoms with van der Waals surface area (Å²) in [6.07, 6.45) is -4.63. The van der Waals surface area contributed by atoms with Crippen molar-refractivity contribution in [1.82, 2.24) is 20.7 Å². The van der Waals surface area contributed by atoms with Crippen molar-refractivity contribution < 1.29 is 27.2 Å². The number of carbonyl (C=O) groups excluding carboxylic acids is 2. The average Bonchev–Trinajstić information content (AvgIpc) is 3.34. The van der Waals surface area contributed by atoms with E-state index < -0.39 is 47.2 Å². The van der Waals surface area contributed by atoms with Crippen LogP contribution in [0, 0.1) is 5.82 Å². The van der Waals surface area contributed by atoms with Crippen LogP contribution in [0.1, 0.15) is 56.6 Å². The first-order valence-electron chi connectivity index (χ1n) is 9.25. The van der Waals surface area contributed by atoms with Crippen molar-refractivity contribution >= 4 is 29.1 Å². The number of benzene rings is 2. The van der Waals surface area contributed by atoms with E-state index in [1.54, 1.807) is 0 Å². The molecule has 2 amide bonds. The molecule has 0 spiro atoms. The zero-order valence-corrected chi connectivity index (χ0v) is 17.0. The minimum Gasteiger partial charge on any atom is -0.341 e. The van der Waals surface area contributed by atoms with Gasteiger partial charge in [0.15, 0.2) is 5.69 Å². The lowest BCUT2D eigenvalue weighted by atomic mass is 9.96. The Morgan fingerprint density at radius 1 is 1.22 bits per heavy atom. The SMILES string of the molecule is C[C@@H](c1n[nH]nc1C(=O)Nc1cccc2c1[C@@H](c1cc(F)ccc1Cl)NC2=O)C(F)(F)F. The quantitative estimate of drug-likeness (QED) is 0.497. The van der Waals surface area contributed by atoms with Gasteiger partial charge in [0.2, 0.25) is 0 Å². The van der Waals surface area contributed by atoms with Gasteiger partial charge in [0.05, 0.1) is 12.0 Å². The number of aromatic nitrogens is 3. The van der Waals surface area contributed by atoms with Crippen LogP contribution < -0.4 is 10.6 Å². The minimum atomic E-state index is -4.63. The van der Waals surface area contributed by atoms with E-state index in [0.29, 0.717) is 5.56 Å². The second kappa shape index (κ2) is 7.90. The molecule has 0 aliphatic carbocycles. The largest absolute Gasteiger partial charge is 0.397 e. The second-order valence-electron chi connectivity index (χ2n) is 7.11. The van der Waals surface area contributed by atoms with Crippen molar-refractivity contribution in [2.24, 2.45) is 0 Å². The third kappa shape index (κ3) is 3.79. The number of amides is 2. The van der Waals surface area contributed by atoms with Crippen LogP contribution in [0.25, 0.3) is 0 Å². The second-order valence-corrected chi connectivity index (χ2v) is 7.52. The monoisotopic (exact) mass is 467 g/mol. The normalized spacial score (nSPS) is 16.4. The van der Waals surface area contributed by atoms with Crippen molar-refractivity contribution in [3.63, 3.8) is 0 Å². The molecule has 3 aromatic rings. The lowest BCUT2D eigenvalue weighted by molar-refractivity contribution is -0.147. The lowest BCUT2D eigenvalue weighted by Crippen LogP contribution is -2.23. The highest BCUT2D eigenvalue weighted by Gasteiger charge is 2.41. The molecule has 0 saturated carbocycles. The first-order valence-corrected chi connectivity index (χ1v) is 9.63. The Labute approximate surface area is 183 Å². The lowest BCUT2D eigenvalue weighted by Gasteiger charge is -2.18. The molecule has 2 heterocycles. The maximum atomic E-state index is 13.8. The molecule has 0 saturated heterocycles. The third-order valence-electron chi connectivity index (χ3n) is 5.12. The number of halogens is 5. The number of aromatic amines is 1. The van der Waals surface area contributed by atoms with Gasteiger partial charge in [-0.3, -0.25) is 9.59 Å². The zero-order chi connectivity index (χ0) is 23.2. The van der Waals surface area contributed by atoms with Crippen LogP contribution >= 0.6 is 11.6 Å². The highest BCUT2D eigenvalue weighted by atomic mass is 35.5. The summed E-state index contributed by atoms with van der Waals surface area (Å²) < 4.78 is 53.2. The third-order valence-corrected chi connectivity index (χ3v) is 5.47. The number of alkyl halides is 3. The molecule has 4 rings (SSSR count). The molecule has 12 heteroatoms. The number of hydrogen-bond acceptors (Lipinski definition) is 4. The number of anilines is 1. The number of hydrogen-bond donors (Lipinski definition) is 3. The van der Waals surface area contributed by atoms with E-state index in [1.165, 1.54) is 24.3 Å². The molecular weight excluding hydrogens is 454 g/mol. The number of nitrogens with one attached hydrogen (secondary N) is 3. The van der Waals surface area contributed by atoms with Crippen molar-refractivity contribution in [3.8, 4) is 0 Å². The summed E-state index contributed by atoms with van der Waals surface area (Å²) in [5.41, 5.74) is -0.214. The topological polar surface area (TPSA) is 99.8 Å². The molecule has 0 fully saturated rings. The van der Waals surface area contributed by atoms with Gasteiger partial charge in [-0.1, -0.05) is 17.7 Å². The van der Waals surface area contributed by atoms with E-state index in [1.807, 2.05) is 5.21 Å². The molecule has 1 aromatic heterocycles. The van der Waals surface area contributed by atoms with Gasteiger partial charge in [-0.2, -0.15) is 28.6 Å². The van der Waals surface area contributed by atoms with Gasteiger partial charge in [0.25, 0.3) is 11.8 Å². The van der Waals surface area contributed by atoms with E-state index in [-0.39, 0.29) is 21.8 Å². The number of H-pyrrole nitrogens is 1. The fourth-order valence-corrected chi connectivity index (χ4v) is 3.70. The first kappa shape index (κ1) is 21.8. The molecule has 1 aliphatic heterocycles. The van der Waals surface area contributed by atoms with Crippen LogP contribution in [0.4, 0.5) is 23.2 Å². The van der Waals surface area contributed by atoms with Crippen LogP contribution in [0.15, 0.2) is 36.4 Å². The summed E-state index contributed by atoms with van der Waals surface area (Å²) in [6.45, 7) is 0.861. The standard InChI is InChI=1S/C20H14ClF4N5O2/c1-8(20(23,24)25)15-17(29-30-28-15)19(32)26-13-4-2-3-10-14(13)16(27-18(10)31)11-7-9(22)5-6-12(11)21/h2-8,16H,1H3,(H,26,32)(H,27,31)(H,28,29,30)/t8-,16+/m0/s1. The van der Waals surface area contributed by atoms with Crippen LogP contribution in [0.2, 0.25) is 5.02 Å². The van der Waals surface area contributed by atoms with Crippen LogP contribution in [-0.4, -0.2) is 33.4 Å². The zero-order valence-electron chi connectivity index (χ0n) is 16.2. The van der Waals surface area contributed by atoms with Crippen LogP contribution in [-0.2, 0) is 0 Å². The van der Waals surface area contributed by atoms with Crippen molar-refractivity contribution in [2.75, 3.05) is 5.32 Å². The van der Waals surface area contributed by atoms with Gasteiger partial charge in [-0.15, -0.1) is 0 Å². The highest BCUT2D eigenvalue weighted by molar-refractivity contribution is 6.31. The summed E-state index contributed by atoms with van der Waals surface area (Å²) >= 11 is 6.19. The molecule has 0 radical (unpaired) electrons. The Bertz CT molecular complexity index is 1230. The van der Waals surface area contributed by atoms with Gasteiger partial charge in [0.1, 0.15) is 11.5 Å². The van der Waals surface area contributed by atoms with Crippen molar-refractivity contribution in [3.05, 3.63) is 75.3 Å². The predicted molar refractivity (Wildman–Crippen MR) is 106 cm³/mol. The summed E-state index contributed by atoms with van der Waals surface area (Å²) in [5, 5.41) is 14.4. The molecule has 7 nitrogen and oxygen atoms in total. The van der Waals surface area contributed by atoms with Gasteiger partial charge in [-0.25, -0.2) is 4.39 Å². The average molecular weight is 468 g/mol. The van der Waals surface area contributed by atoms with Gasteiger partial charge >= 0.3 is 6.18 Å². The predicted octanol–water partition coefficient (Wildman–Crippen LogP) is 4.35. The van der Waals surface area contributed by atoms with E-state index in [0.717, 1.165) is 19.1 Å². The van der Waals surface area contributed by atoms with Gasteiger partial charge in [-0.05, 0) is 37.3 Å². The molecule has 3 N–H and O–H groups in total. The fraction of sp³-hybridized carbons (Fsp3) is 0.200.